The number of phenolic OH excluding ortho intramolecular Hbond substituents is 1. The molecule has 0 aliphatic heterocycles. The highest BCUT2D eigenvalue weighted by Crippen LogP contribution is 2.41. The highest BCUT2D eigenvalue weighted by atomic mass is 16.3. The first-order chi connectivity index (χ1) is 12.7. The van der Waals surface area contributed by atoms with Gasteiger partial charge in [-0.05, 0) is 18.1 Å². The van der Waals surface area contributed by atoms with E-state index < -0.39 is 0 Å². The van der Waals surface area contributed by atoms with Gasteiger partial charge in [-0.3, -0.25) is 0 Å². The summed E-state index contributed by atoms with van der Waals surface area (Å²) in [6, 6.07) is 18.5. The van der Waals surface area contributed by atoms with Gasteiger partial charge < -0.3 is 5.11 Å². The van der Waals surface area contributed by atoms with Gasteiger partial charge >= 0.3 is 0 Å². The van der Waals surface area contributed by atoms with Crippen LogP contribution >= 0.6 is 0 Å². The monoisotopic (exact) mass is 352 g/mol. The minimum Gasteiger partial charge on any atom is -0.508 e. The molecule has 0 aliphatic rings. The molecule has 2 aromatic carbocycles. The second kappa shape index (κ2) is 11.1. The van der Waals surface area contributed by atoms with Crippen molar-refractivity contribution in [2.45, 2.75) is 83.5 Å². The maximum atomic E-state index is 10.5. The Hall–Kier alpha value is -1.76. The van der Waals surface area contributed by atoms with Gasteiger partial charge in [-0.1, -0.05) is 120 Å². The normalized spacial score (nSPS) is 13.5. The Labute approximate surface area is 160 Å². The smallest absolute Gasteiger partial charge is 0.119 e. The molecule has 0 fully saturated rings. The first-order valence-corrected chi connectivity index (χ1v) is 10.5. The maximum absolute atomic E-state index is 10.5. The summed E-state index contributed by atoms with van der Waals surface area (Å²) in [5.41, 5.74) is 2.21. The van der Waals surface area contributed by atoms with Gasteiger partial charge in [-0.2, -0.15) is 0 Å². The summed E-state index contributed by atoms with van der Waals surface area (Å²) in [6.45, 7) is 4.55. The standard InChI is InChI=1S/C25H36O/c1-3-4-5-6-7-8-9-10-16-21-25(2,22-17-12-11-13-18-22)23-19-14-15-20-24(23)26/h11-15,17-20,26H,3-10,16,21H2,1-2H3. The molecule has 0 heterocycles. The fourth-order valence-electron chi connectivity index (χ4n) is 3.97. The molecule has 0 spiro atoms. The Morgan fingerprint density at radius 1 is 0.692 bits per heavy atom. The van der Waals surface area contributed by atoms with Crippen molar-refractivity contribution in [3.63, 3.8) is 0 Å². The van der Waals surface area contributed by atoms with E-state index in [9.17, 15) is 5.11 Å². The molecule has 2 rings (SSSR count). The van der Waals surface area contributed by atoms with Crippen LogP contribution in [0.5, 0.6) is 5.75 Å². The highest BCUT2D eigenvalue weighted by Gasteiger charge is 2.30. The molecule has 0 aromatic heterocycles. The third-order valence-corrected chi connectivity index (χ3v) is 5.69. The summed E-state index contributed by atoms with van der Waals surface area (Å²) in [5.74, 6) is 0.412. The molecule has 2 aromatic rings. The average Bonchev–Trinajstić information content (AvgIpc) is 2.67. The third-order valence-electron chi connectivity index (χ3n) is 5.69. The van der Waals surface area contributed by atoms with Crippen LogP contribution in [0.3, 0.4) is 0 Å². The first-order valence-electron chi connectivity index (χ1n) is 10.5. The summed E-state index contributed by atoms with van der Waals surface area (Å²) in [4.78, 5) is 0. The summed E-state index contributed by atoms with van der Waals surface area (Å²) >= 11 is 0. The van der Waals surface area contributed by atoms with Crippen LogP contribution in [-0.2, 0) is 5.41 Å². The zero-order valence-electron chi connectivity index (χ0n) is 16.7. The quantitative estimate of drug-likeness (QED) is 0.389. The van der Waals surface area contributed by atoms with E-state index in [-0.39, 0.29) is 5.41 Å². The minimum absolute atomic E-state index is 0.131. The molecule has 1 unspecified atom stereocenters. The second-order valence-corrected chi connectivity index (χ2v) is 7.79. The first kappa shape index (κ1) is 20.6. The fraction of sp³-hybridized carbons (Fsp3) is 0.520. The molecule has 0 saturated heterocycles. The van der Waals surface area contributed by atoms with Crippen LogP contribution in [0.25, 0.3) is 0 Å². The molecule has 0 radical (unpaired) electrons. The van der Waals surface area contributed by atoms with Gasteiger partial charge in [-0.15, -0.1) is 0 Å². The van der Waals surface area contributed by atoms with Crippen molar-refractivity contribution < 1.29 is 5.11 Å². The number of benzene rings is 2. The van der Waals surface area contributed by atoms with E-state index in [0.29, 0.717) is 5.75 Å². The second-order valence-electron chi connectivity index (χ2n) is 7.79. The van der Waals surface area contributed by atoms with Crippen molar-refractivity contribution in [2.75, 3.05) is 0 Å². The third kappa shape index (κ3) is 5.90. The summed E-state index contributed by atoms with van der Waals surface area (Å²) < 4.78 is 0. The molecule has 0 aliphatic carbocycles. The van der Waals surface area contributed by atoms with Gasteiger partial charge in [0.2, 0.25) is 0 Å². The lowest BCUT2D eigenvalue weighted by atomic mass is 9.72. The van der Waals surface area contributed by atoms with Gasteiger partial charge in [0, 0.05) is 11.0 Å². The number of hydrogen-bond donors (Lipinski definition) is 1. The maximum Gasteiger partial charge on any atom is 0.119 e. The predicted molar refractivity (Wildman–Crippen MR) is 113 cm³/mol. The Balaban J connectivity index is 1.91. The Kier molecular flexibility index (Phi) is 8.74. The van der Waals surface area contributed by atoms with Gasteiger partial charge in [0.15, 0.2) is 0 Å². The van der Waals surface area contributed by atoms with Crippen molar-refractivity contribution in [1.82, 2.24) is 0 Å². The molecule has 26 heavy (non-hydrogen) atoms. The Morgan fingerprint density at radius 2 is 1.23 bits per heavy atom. The van der Waals surface area contributed by atoms with E-state index in [2.05, 4.69) is 50.2 Å². The number of rotatable bonds is 12. The van der Waals surface area contributed by atoms with Crippen LogP contribution in [0, 0.1) is 0 Å². The Morgan fingerprint density at radius 3 is 1.85 bits per heavy atom. The summed E-state index contributed by atoms with van der Waals surface area (Å²) in [6.07, 6.45) is 13.1. The fourth-order valence-corrected chi connectivity index (χ4v) is 3.97. The number of hydrogen-bond acceptors (Lipinski definition) is 1. The van der Waals surface area contributed by atoms with Crippen molar-refractivity contribution in [1.29, 1.82) is 0 Å². The van der Waals surface area contributed by atoms with E-state index in [4.69, 9.17) is 0 Å². The minimum atomic E-state index is -0.131. The lowest BCUT2D eigenvalue weighted by Gasteiger charge is -2.32. The van der Waals surface area contributed by atoms with Crippen LogP contribution in [0.2, 0.25) is 0 Å². The van der Waals surface area contributed by atoms with E-state index >= 15 is 0 Å². The molecular formula is C25H36O. The van der Waals surface area contributed by atoms with Gasteiger partial charge in [0.25, 0.3) is 0 Å². The van der Waals surface area contributed by atoms with E-state index in [1.165, 1.54) is 63.4 Å². The van der Waals surface area contributed by atoms with E-state index in [0.717, 1.165) is 12.0 Å². The van der Waals surface area contributed by atoms with Crippen LogP contribution < -0.4 is 0 Å². The lowest BCUT2D eigenvalue weighted by molar-refractivity contribution is 0.423. The lowest BCUT2D eigenvalue weighted by Crippen LogP contribution is -2.23. The van der Waals surface area contributed by atoms with Crippen LogP contribution in [0.1, 0.15) is 89.2 Å². The zero-order chi connectivity index (χ0) is 18.7. The van der Waals surface area contributed by atoms with Crippen molar-refractivity contribution >= 4 is 0 Å². The molecular weight excluding hydrogens is 316 g/mol. The number of unbranched alkanes of at least 4 members (excludes halogenated alkanes) is 8. The molecule has 1 heteroatoms. The molecule has 1 atom stereocenters. The van der Waals surface area contributed by atoms with E-state index in [1.807, 2.05) is 18.2 Å². The topological polar surface area (TPSA) is 20.2 Å². The summed E-state index contributed by atoms with van der Waals surface area (Å²) in [7, 11) is 0. The number of para-hydroxylation sites is 1. The van der Waals surface area contributed by atoms with Crippen molar-refractivity contribution in [3.8, 4) is 5.75 Å². The van der Waals surface area contributed by atoms with Crippen molar-refractivity contribution in [2.24, 2.45) is 0 Å². The van der Waals surface area contributed by atoms with Crippen LogP contribution in [0.15, 0.2) is 54.6 Å². The van der Waals surface area contributed by atoms with Crippen LogP contribution in [-0.4, -0.2) is 5.11 Å². The zero-order valence-corrected chi connectivity index (χ0v) is 16.7. The number of aromatic hydroxyl groups is 1. The average molecular weight is 353 g/mol. The van der Waals surface area contributed by atoms with Gasteiger partial charge in [0.05, 0.1) is 0 Å². The van der Waals surface area contributed by atoms with Crippen LogP contribution in [0.4, 0.5) is 0 Å². The molecule has 0 amide bonds. The Bertz CT molecular complexity index is 619. The van der Waals surface area contributed by atoms with Crippen molar-refractivity contribution in [3.05, 3.63) is 65.7 Å². The van der Waals surface area contributed by atoms with E-state index in [1.54, 1.807) is 0 Å². The highest BCUT2D eigenvalue weighted by molar-refractivity contribution is 5.45. The molecule has 142 valence electrons. The molecule has 0 saturated carbocycles. The largest absolute Gasteiger partial charge is 0.508 e. The predicted octanol–water partition coefficient (Wildman–Crippen LogP) is 7.62. The van der Waals surface area contributed by atoms with Gasteiger partial charge in [-0.25, -0.2) is 0 Å². The summed E-state index contributed by atoms with van der Waals surface area (Å²) in [5, 5.41) is 10.5. The molecule has 1 nitrogen and oxygen atoms in total. The molecule has 0 bridgehead atoms. The van der Waals surface area contributed by atoms with Gasteiger partial charge in [0.1, 0.15) is 5.75 Å². The number of phenols is 1. The SMILES string of the molecule is CCCCCCCCCCCC(C)(c1ccccc1)c1ccccc1O. The molecule has 1 N–H and O–H groups in total.